The van der Waals surface area contributed by atoms with E-state index >= 15 is 0 Å². The summed E-state index contributed by atoms with van der Waals surface area (Å²) in [5.41, 5.74) is 1.98. The van der Waals surface area contributed by atoms with Crippen molar-refractivity contribution in [3.05, 3.63) is 63.5 Å². The van der Waals surface area contributed by atoms with Crippen molar-refractivity contribution < 1.29 is 4.42 Å². The van der Waals surface area contributed by atoms with Gasteiger partial charge in [-0.15, -0.1) is 0 Å². The Labute approximate surface area is 114 Å². The molecule has 0 saturated heterocycles. The first kappa shape index (κ1) is 11.9. The number of fused-ring (bicyclic) bond motifs is 1. The Hall–Kier alpha value is -2.13. The van der Waals surface area contributed by atoms with E-state index in [9.17, 15) is 4.79 Å². The number of halogens is 1. The molecule has 0 saturated carbocycles. The summed E-state index contributed by atoms with van der Waals surface area (Å²) in [7, 11) is 0. The largest absolute Gasteiger partial charge is 0.403 e. The molecule has 94 valence electrons. The minimum atomic E-state index is -0.425. The van der Waals surface area contributed by atoms with E-state index in [1.807, 2.05) is 31.2 Å². The number of hydrogen-bond acceptors (Lipinski definition) is 3. The molecule has 2 aromatic carbocycles. The first-order chi connectivity index (χ1) is 9.15. The molecule has 0 aliphatic carbocycles. The molecule has 0 N–H and O–H groups in total. The first-order valence-electron chi connectivity index (χ1n) is 5.81. The summed E-state index contributed by atoms with van der Waals surface area (Å²) in [6.07, 6.45) is 0. The van der Waals surface area contributed by atoms with Gasteiger partial charge in [0.15, 0.2) is 0 Å². The Morgan fingerprint density at radius 1 is 1.16 bits per heavy atom. The van der Waals surface area contributed by atoms with E-state index in [1.54, 1.807) is 18.2 Å². The van der Waals surface area contributed by atoms with Crippen LogP contribution in [0.3, 0.4) is 0 Å². The van der Waals surface area contributed by atoms with Crippen LogP contribution in [0.25, 0.3) is 22.4 Å². The molecule has 0 aliphatic rings. The molecule has 0 aliphatic heterocycles. The average molecular weight is 272 g/mol. The SMILES string of the molecule is Cc1ccccc1-c1nc2ccc(Cl)cc2c(=O)o1. The average Bonchev–Trinajstić information content (AvgIpc) is 2.40. The van der Waals surface area contributed by atoms with Gasteiger partial charge in [-0.3, -0.25) is 0 Å². The Morgan fingerprint density at radius 3 is 2.74 bits per heavy atom. The van der Waals surface area contributed by atoms with Crippen molar-refractivity contribution in [3.8, 4) is 11.5 Å². The van der Waals surface area contributed by atoms with Gasteiger partial charge in [-0.25, -0.2) is 9.78 Å². The molecule has 3 rings (SSSR count). The maximum atomic E-state index is 12.0. The standard InChI is InChI=1S/C15H10ClNO2/c1-9-4-2-3-5-11(9)14-17-13-7-6-10(16)8-12(13)15(18)19-14/h2-8H,1H3. The molecule has 0 unspecified atom stereocenters. The Kier molecular flexibility index (Phi) is 2.84. The van der Waals surface area contributed by atoms with E-state index in [4.69, 9.17) is 16.0 Å². The van der Waals surface area contributed by atoms with Crippen molar-refractivity contribution in [2.24, 2.45) is 0 Å². The first-order valence-corrected chi connectivity index (χ1v) is 6.19. The van der Waals surface area contributed by atoms with Crippen LogP contribution in [0.15, 0.2) is 51.7 Å². The fraction of sp³-hybridized carbons (Fsp3) is 0.0667. The van der Waals surface area contributed by atoms with Gasteiger partial charge < -0.3 is 4.42 Å². The summed E-state index contributed by atoms with van der Waals surface area (Å²) in [6, 6.07) is 12.6. The van der Waals surface area contributed by atoms with Gasteiger partial charge in [0, 0.05) is 10.6 Å². The molecule has 19 heavy (non-hydrogen) atoms. The molecule has 1 heterocycles. The number of rotatable bonds is 1. The number of aromatic nitrogens is 1. The highest BCUT2D eigenvalue weighted by atomic mass is 35.5. The second-order valence-corrected chi connectivity index (χ2v) is 4.72. The summed E-state index contributed by atoms with van der Waals surface area (Å²) in [5.74, 6) is 0.331. The van der Waals surface area contributed by atoms with E-state index in [2.05, 4.69) is 4.98 Å². The summed E-state index contributed by atoms with van der Waals surface area (Å²) >= 11 is 5.86. The molecule has 1 aromatic heterocycles. The van der Waals surface area contributed by atoms with Crippen molar-refractivity contribution in [1.82, 2.24) is 4.98 Å². The van der Waals surface area contributed by atoms with Crippen molar-refractivity contribution in [2.75, 3.05) is 0 Å². The second kappa shape index (κ2) is 4.52. The zero-order valence-corrected chi connectivity index (χ0v) is 10.9. The number of nitrogens with zero attached hydrogens (tertiary/aromatic N) is 1. The molecular formula is C15H10ClNO2. The van der Waals surface area contributed by atoms with Crippen LogP contribution in [-0.2, 0) is 0 Å². The summed E-state index contributed by atoms with van der Waals surface area (Å²) in [4.78, 5) is 16.4. The Bertz CT molecular complexity index is 824. The fourth-order valence-corrected chi connectivity index (χ4v) is 2.14. The van der Waals surface area contributed by atoms with Gasteiger partial charge in [0.05, 0.1) is 10.9 Å². The van der Waals surface area contributed by atoms with E-state index in [0.717, 1.165) is 11.1 Å². The van der Waals surface area contributed by atoms with Crippen LogP contribution in [0.5, 0.6) is 0 Å². The quantitative estimate of drug-likeness (QED) is 0.676. The zero-order chi connectivity index (χ0) is 13.4. The van der Waals surface area contributed by atoms with Crippen molar-refractivity contribution in [2.45, 2.75) is 6.92 Å². The molecule has 3 nitrogen and oxygen atoms in total. The minimum Gasteiger partial charge on any atom is -0.403 e. The van der Waals surface area contributed by atoms with Gasteiger partial charge in [-0.1, -0.05) is 29.8 Å². The van der Waals surface area contributed by atoms with Crippen LogP contribution in [0.4, 0.5) is 0 Å². The normalized spacial score (nSPS) is 10.8. The van der Waals surface area contributed by atoms with Crippen molar-refractivity contribution >= 4 is 22.5 Å². The molecule has 3 aromatic rings. The van der Waals surface area contributed by atoms with E-state index in [0.29, 0.717) is 21.8 Å². The molecule has 0 amide bonds. The van der Waals surface area contributed by atoms with E-state index < -0.39 is 5.63 Å². The van der Waals surface area contributed by atoms with Gasteiger partial charge in [-0.2, -0.15) is 0 Å². The van der Waals surface area contributed by atoms with Gasteiger partial charge in [0.25, 0.3) is 0 Å². The summed E-state index contributed by atoms with van der Waals surface area (Å²) in [6.45, 7) is 1.95. The highest BCUT2D eigenvalue weighted by molar-refractivity contribution is 6.31. The predicted molar refractivity (Wildman–Crippen MR) is 75.5 cm³/mol. The van der Waals surface area contributed by atoms with E-state index in [1.165, 1.54) is 0 Å². The smallest absolute Gasteiger partial charge is 0.347 e. The molecule has 4 heteroatoms. The maximum Gasteiger partial charge on any atom is 0.347 e. The third-order valence-corrected chi connectivity index (χ3v) is 3.20. The summed E-state index contributed by atoms with van der Waals surface area (Å²) in [5, 5.41) is 0.884. The van der Waals surface area contributed by atoms with Crippen LogP contribution < -0.4 is 5.63 Å². The van der Waals surface area contributed by atoms with Crippen LogP contribution in [0, 0.1) is 6.92 Å². The highest BCUT2D eigenvalue weighted by Gasteiger charge is 2.10. The van der Waals surface area contributed by atoms with E-state index in [-0.39, 0.29) is 0 Å². The van der Waals surface area contributed by atoms with Gasteiger partial charge in [-0.05, 0) is 36.8 Å². The highest BCUT2D eigenvalue weighted by Crippen LogP contribution is 2.22. The third-order valence-electron chi connectivity index (χ3n) is 2.97. The molecule has 0 bridgehead atoms. The number of hydrogen-bond donors (Lipinski definition) is 0. The Balaban J connectivity index is 2.31. The lowest BCUT2D eigenvalue weighted by Gasteiger charge is -2.04. The predicted octanol–water partition coefficient (Wildman–Crippen LogP) is 3.82. The lowest BCUT2D eigenvalue weighted by molar-refractivity contribution is 0.518. The fourth-order valence-electron chi connectivity index (χ4n) is 1.97. The molecule has 0 fully saturated rings. The zero-order valence-electron chi connectivity index (χ0n) is 10.2. The van der Waals surface area contributed by atoms with Gasteiger partial charge in [0.2, 0.25) is 5.89 Å². The lowest BCUT2D eigenvalue weighted by atomic mass is 10.1. The molecule has 0 radical (unpaired) electrons. The number of benzene rings is 2. The Morgan fingerprint density at radius 2 is 1.95 bits per heavy atom. The third kappa shape index (κ3) is 2.13. The van der Waals surface area contributed by atoms with Crippen LogP contribution in [0.2, 0.25) is 5.02 Å². The van der Waals surface area contributed by atoms with Crippen LogP contribution >= 0.6 is 11.6 Å². The van der Waals surface area contributed by atoms with Gasteiger partial charge in [0.1, 0.15) is 0 Å². The lowest BCUT2D eigenvalue weighted by Crippen LogP contribution is -2.03. The second-order valence-electron chi connectivity index (χ2n) is 4.28. The summed E-state index contributed by atoms with van der Waals surface area (Å²) < 4.78 is 5.29. The van der Waals surface area contributed by atoms with Crippen molar-refractivity contribution in [3.63, 3.8) is 0 Å². The van der Waals surface area contributed by atoms with Crippen LogP contribution in [-0.4, -0.2) is 4.98 Å². The molecular weight excluding hydrogens is 262 g/mol. The van der Waals surface area contributed by atoms with Crippen LogP contribution in [0.1, 0.15) is 5.56 Å². The topological polar surface area (TPSA) is 43.1 Å². The maximum absolute atomic E-state index is 12.0. The molecule has 0 atom stereocenters. The van der Waals surface area contributed by atoms with Crippen molar-refractivity contribution in [1.29, 1.82) is 0 Å². The van der Waals surface area contributed by atoms with Gasteiger partial charge >= 0.3 is 5.63 Å². The number of aryl methyl sites for hydroxylation is 1. The molecule has 0 spiro atoms. The minimum absolute atomic E-state index is 0.331. The monoisotopic (exact) mass is 271 g/mol.